The smallest absolute Gasteiger partial charge is 0.0124 e. The van der Waals surface area contributed by atoms with Crippen molar-refractivity contribution in [3.8, 4) is 0 Å². The molecule has 1 fully saturated rings. The third-order valence-corrected chi connectivity index (χ3v) is 4.60. The molecule has 2 rings (SSSR count). The van der Waals surface area contributed by atoms with Crippen LogP contribution in [0.1, 0.15) is 51.5 Å². The fourth-order valence-electron chi connectivity index (χ4n) is 3.43. The van der Waals surface area contributed by atoms with E-state index in [2.05, 4.69) is 49.5 Å². The summed E-state index contributed by atoms with van der Waals surface area (Å²) >= 11 is 0. The SMILES string of the molecule is CCNC(CCc1ccccc1)C1(C)CCCC1. The molecule has 0 bridgehead atoms. The molecule has 0 spiro atoms. The largest absolute Gasteiger partial charge is 0.314 e. The lowest BCUT2D eigenvalue weighted by Crippen LogP contribution is -2.42. The number of hydrogen-bond acceptors (Lipinski definition) is 1. The molecular weight excluding hydrogens is 218 g/mol. The maximum absolute atomic E-state index is 3.74. The van der Waals surface area contributed by atoms with Crippen LogP contribution in [0.5, 0.6) is 0 Å². The first-order valence-electron chi connectivity index (χ1n) is 7.52. The van der Waals surface area contributed by atoms with Gasteiger partial charge in [0.1, 0.15) is 0 Å². The van der Waals surface area contributed by atoms with Crippen molar-refractivity contribution in [2.45, 2.75) is 58.4 Å². The van der Waals surface area contributed by atoms with E-state index in [4.69, 9.17) is 0 Å². The van der Waals surface area contributed by atoms with Gasteiger partial charge < -0.3 is 5.32 Å². The van der Waals surface area contributed by atoms with Crippen LogP contribution in [0.3, 0.4) is 0 Å². The highest BCUT2D eigenvalue weighted by atomic mass is 14.9. The molecule has 1 N–H and O–H groups in total. The molecule has 1 aromatic carbocycles. The summed E-state index contributed by atoms with van der Waals surface area (Å²) in [5.74, 6) is 0. The summed E-state index contributed by atoms with van der Waals surface area (Å²) in [5.41, 5.74) is 2.01. The standard InChI is InChI=1S/C17H27N/c1-3-18-16(17(2)13-7-8-14-17)12-11-15-9-5-4-6-10-15/h4-6,9-10,16,18H,3,7-8,11-14H2,1-2H3. The van der Waals surface area contributed by atoms with Crippen LogP contribution in [0, 0.1) is 5.41 Å². The minimum atomic E-state index is 0.533. The number of hydrogen-bond donors (Lipinski definition) is 1. The Balaban J connectivity index is 1.94. The lowest BCUT2D eigenvalue weighted by Gasteiger charge is -2.35. The van der Waals surface area contributed by atoms with Crippen molar-refractivity contribution in [1.29, 1.82) is 0 Å². The zero-order valence-electron chi connectivity index (χ0n) is 11.9. The molecule has 1 atom stereocenters. The zero-order valence-corrected chi connectivity index (χ0v) is 11.9. The Morgan fingerprint density at radius 3 is 2.44 bits per heavy atom. The Labute approximate surface area is 112 Å². The van der Waals surface area contributed by atoms with E-state index in [0.29, 0.717) is 11.5 Å². The number of benzene rings is 1. The van der Waals surface area contributed by atoms with Crippen LogP contribution in [-0.4, -0.2) is 12.6 Å². The lowest BCUT2D eigenvalue weighted by molar-refractivity contribution is 0.213. The molecule has 0 amide bonds. The Morgan fingerprint density at radius 2 is 1.83 bits per heavy atom. The second-order valence-corrected chi connectivity index (χ2v) is 6.00. The first-order chi connectivity index (χ1) is 8.74. The quantitative estimate of drug-likeness (QED) is 0.793. The summed E-state index contributed by atoms with van der Waals surface area (Å²) in [5, 5.41) is 3.74. The van der Waals surface area contributed by atoms with Crippen molar-refractivity contribution in [1.82, 2.24) is 5.32 Å². The Kier molecular flexibility index (Phi) is 4.82. The van der Waals surface area contributed by atoms with Crippen LogP contribution >= 0.6 is 0 Å². The van der Waals surface area contributed by atoms with Crippen LogP contribution in [-0.2, 0) is 6.42 Å². The van der Waals surface area contributed by atoms with E-state index < -0.39 is 0 Å². The van der Waals surface area contributed by atoms with E-state index in [1.807, 2.05) is 0 Å². The van der Waals surface area contributed by atoms with Crippen molar-refractivity contribution in [3.63, 3.8) is 0 Å². The van der Waals surface area contributed by atoms with Crippen molar-refractivity contribution < 1.29 is 0 Å². The number of aryl methyl sites for hydroxylation is 1. The predicted octanol–water partition coefficient (Wildman–Crippen LogP) is 4.18. The summed E-state index contributed by atoms with van der Waals surface area (Å²) in [6.07, 6.45) is 8.12. The lowest BCUT2D eigenvalue weighted by atomic mass is 9.78. The van der Waals surface area contributed by atoms with Crippen molar-refractivity contribution in [2.75, 3.05) is 6.54 Å². The fourth-order valence-corrected chi connectivity index (χ4v) is 3.43. The molecule has 1 unspecified atom stereocenters. The number of nitrogens with one attached hydrogen (secondary N) is 1. The van der Waals surface area contributed by atoms with E-state index in [0.717, 1.165) is 6.54 Å². The van der Waals surface area contributed by atoms with E-state index in [-0.39, 0.29) is 0 Å². The van der Waals surface area contributed by atoms with E-state index in [1.165, 1.54) is 44.1 Å². The molecule has 0 aliphatic heterocycles. The first kappa shape index (κ1) is 13.6. The Morgan fingerprint density at radius 1 is 1.17 bits per heavy atom. The molecule has 0 aromatic heterocycles. The molecule has 1 aromatic rings. The molecule has 1 heteroatoms. The van der Waals surface area contributed by atoms with Gasteiger partial charge in [-0.05, 0) is 43.2 Å². The minimum absolute atomic E-state index is 0.533. The van der Waals surface area contributed by atoms with E-state index in [1.54, 1.807) is 0 Å². The van der Waals surface area contributed by atoms with Crippen LogP contribution in [0.25, 0.3) is 0 Å². The van der Waals surface area contributed by atoms with E-state index in [9.17, 15) is 0 Å². The van der Waals surface area contributed by atoms with Crippen LogP contribution in [0.4, 0.5) is 0 Å². The normalized spacial score (nSPS) is 19.9. The van der Waals surface area contributed by atoms with Crippen molar-refractivity contribution >= 4 is 0 Å². The van der Waals surface area contributed by atoms with E-state index >= 15 is 0 Å². The second kappa shape index (κ2) is 6.38. The van der Waals surface area contributed by atoms with Gasteiger partial charge in [-0.3, -0.25) is 0 Å². The van der Waals surface area contributed by atoms with Gasteiger partial charge in [0.15, 0.2) is 0 Å². The van der Waals surface area contributed by atoms with Gasteiger partial charge in [0.05, 0.1) is 0 Å². The van der Waals surface area contributed by atoms with Gasteiger partial charge in [-0.2, -0.15) is 0 Å². The van der Waals surface area contributed by atoms with Crippen LogP contribution in [0.2, 0.25) is 0 Å². The van der Waals surface area contributed by atoms with Gasteiger partial charge in [0, 0.05) is 6.04 Å². The monoisotopic (exact) mass is 245 g/mol. The summed E-state index contributed by atoms with van der Waals surface area (Å²) < 4.78 is 0. The highest BCUT2D eigenvalue weighted by Crippen LogP contribution is 2.41. The molecule has 0 radical (unpaired) electrons. The van der Waals surface area contributed by atoms with Gasteiger partial charge in [-0.1, -0.05) is 57.0 Å². The van der Waals surface area contributed by atoms with Crippen LogP contribution < -0.4 is 5.32 Å². The third-order valence-electron chi connectivity index (χ3n) is 4.60. The molecule has 100 valence electrons. The Bertz CT molecular complexity index is 338. The molecule has 0 heterocycles. The van der Waals surface area contributed by atoms with Gasteiger partial charge in [-0.15, -0.1) is 0 Å². The summed E-state index contributed by atoms with van der Waals surface area (Å²) in [6.45, 7) is 5.81. The minimum Gasteiger partial charge on any atom is -0.314 e. The van der Waals surface area contributed by atoms with Crippen LogP contribution in [0.15, 0.2) is 30.3 Å². The number of rotatable bonds is 6. The maximum atomic E-state index is 3.74. The third kappa shape index (κ3) is 3.35. The average molecular weight is 245 g/mol. The first-order valence-corrected chi connectivity index (χ1v) is 7.52. The molecule has 1 aliphatic carbocycles. The molecule has 1 nitrogen and oxygen atoms in total. The molecule has 1 aliphatic rings. The predicted molar refractivity (Wildman–Crippen MR) is 78.8 cm³/mol. The van der Waals surface area contributed by atoms with Gasteiger partial charge in [0.25, 0.3) is 0 Å². The molecule has 18 heavy (non-hydrogen) atoms. The fraction of sp³-hybridized carbons (Fsp3) is 0.647. The highest BCUT2D eigenvalue weighted by molar-refractivity contribution is 5.15. The summed E-state index contributed by atoms with van der Waals surface area (Å²) in [6, 6.07) is 11.6. The van der Waals surface area contributed by atoms with Gasteiger partial charge in [0.2, 0.25) is 0 Å². The molecule has 1 saturated carbocycles. The van der Waals surface area contributed by atoms with Crippen molar-refractivity contribution in [3.05, 3.63) is 35.9 Å². The Hall–Kier alpha value is -0.820. The van der Waals surface area contributed by atoms with Gasteiger partial charge in [-0.25, -0.2) is 0 Å². The van der Waals surface area contributed by atoms with Gasteiger partial charge >= 0.3 is 0 Å². The van der Waals surface area contributed by atoms with Crippen molar-refractivity contribution in [2.24, 2.45) is 5.41 Å². The highest BCUT2D eigenvalue weighted by Gasteiger charge is 2.35. The zero-order chi connectivity index (χ0) is 12.8. The second-order valence-electron chi connectivity index (χ2n) is 6.00. The topological polar surface area (TPSA) is 12.0 Å². The molecule has 0 saturated heterocycles. The summed E-state index contributed by atoms with van der Waals surface area (Å²) in [7, 11) is 0. The maximum Gasteiger partial charge on any atom is 0.0124 e. The molecular formula is C17H27N. The average Bonchev–Trinajstić information content (AvgIpc) is 2.84. The summed E-state index contributed by atoms with van der Waals surface area (Å²) in [4.78, 5) is 0.